The minimum absolute atomic E-state index is 0.354. The molecular formula is C16H20N4O. The van der Waals surface area contributed by atoms with Crippen LogP contribution in [0.15, 0.2) is 30.6 Å². The first-order valence-electron chi connectivity index (χ1n) is 7.24. The second-order valence-corrected chi connectivity index (χ2v) is 5.40. The SMILES string of the molecule is COc1ccc2c(c1)CC(Nc1cc(N)ncn1)CCC2. The second kappa shape index (κ2) is 5.99. The van der Waals surface area contributed by atoms with E-state index >= 15 is 0 Å². The van der Waals surface area contributed by atoms with E-state index in [1.54, 1.807) is 13.2 Å². The molecular weight excluding hydrogens is 264 g/mol. The van der Waals surface area contributed by atoms with Gasteiger partial charge in [-0.15, -0.1) is 0 Å². The Morgan fingerprint density at radius 1 is 1.24 bits per heavy atom. The molecule has 1 aliphatic rings. The van der Waals surface area contributed by atoms with E-state index in [0.717, 1.165) is 37.3 Å². The van der Waals surface area contributed by atoms with Gasteiger partial charge < -0.3 is 15.8 Å². The molecule has 0 radical (unpaired) electrons. The molecule has 1 aliphatic carbocycles. The average molecular weight is 284 g/mol. The fourth-order valence-electron chi connectivity index (χ4n) is 2.85. The molecule has 3 rings (SSSR count). The van der Waals surface area contributed by atoms with Crippen molar-refractivity contribution >= 4 is 11.6 Å². The summed E-state index contributed by atoms with van der Waals surface area (Å²) in [7, 11) is 1.71. The predicted molar refractivity (Wildman–Crippen MR) is 83.5 cm³/mol. The molecule has 0 saturated carbocycles. The number of nitrogen functional groups attached to an aromatic ring is 1. The van der Waals surface area contributed by atoms with Gasteiger partial charge in [-0.2, -0.15) is 0 Å². The van der Waals surface area contributed by atoms with Gasteiger partial charge in [0.1, 0.15) is 23.7 Å². The highest BCUT2D eigenvalue weighted by molar-refractivity contribution is 5.45. The van der Waals surface area contributed by atoms with E-state index in [9.17, 15) is 0 Å². The molecule has 1 unspecified atom stereocenters. The zero-order valence-corrected chi connectivity index (χ0v) is 12.2. The van der Waals surface area contributed by atoms with Crippen LogP contribution in [0, 0.1) is 0 Å². The Kier molecular flexibility index (Phi) is 3.90. The van der Waals surface area contributed by atoms with Crippen LogP contribution in [-0.4, -0.2) is 23.1 Å². The summed E-state index contributed by atoms with van der Waals surface area (Å²) < 4.78 is 5.33. The highest BCUT2D eigenvalue weighted by atomic mass is 16.5. The van der Waals surface area contributed by atoms with Gasteiger partial charge in [0.25, 0.3) is 0 Å². The largest absolute Gasteiger partial charge is 0.497 e. The number of anilines is 2. The second-order valence-electron chi connectivity index (χ2n) is 5.40. The Morgan fingerprint density at radius 2 is 2.14 bits per heavy atom. The summed E-state index contributed by atoms with van der Waals surface area (Å²) in [6, 6.07) is 8.49. The zero-order chi connectivity index (χ0) is 14.7. The summed E-state index contributed by atoms with van der Waals surface area (Å²) >= 11 is 0. The van der Waals surface area contributed by atoms with E-state index in [2.05, 4.69) is 27.4 Å². The molecule has 0 spiro atoms. The fraction of sp³-hybridized carbons (Fsp3) is 0.375. The van der Waals surface area contributed by atoms with E-state index < -0.39 is 0 Å². The molecule has 0 amide bonds. The summed E-state index contributed by atoms with van der Waals surface area (Å²) in [6.07, 6.45) is 5.85. The summed E-state index contributed by atoms with van der Waals surface area (Å²) in [5.74, 6) is 2.20. The number of nitrogens with two attached hydrogens (primary N) is 1. The molecule has 1 heterocycles. The van der Waals surface area contributed by atoms with Gasteiger partial charge in [-0.05, 0) is 48.9 Å². The first kappa shape index (κ1) is 13.7. The van der Waals surface area contributed by atoms with Crippen molar-refractivity contribution in [2.24, 2.45) is 0 Å². The van der Waals surface area contributed by atoms with Gasteiger partial charge >= 0.3 is 0 Å². The summed E-state index contributed by atoms with van der Waals surface area (Å²) in [6.45, 7) is 0. The molecule has 0 fully saturated rings. The van der Waals surface area contributed by atoms with Crippen molar-refractivity contribution in [1.29, 1.82) is 0 Å². The number of fused-ring (bicyclic) bond motifs is 1. The van der Waals surface area contributed by atoms with Gasteiger partial charge in [-0.1, -0.05) is 6.07 Å². The van der Waals surface area contributed by atoms with Gasteiger partial charge in [0.15, 0.2) is 0 Å². The average Bonchev–Trinajstić information content (AvgIpc) is 2.68. The third-order valence-electron chi connectivity index (χ3n) is 3.92. The van der Waals surface area contributed by atoms with Crippen LogP contribution in [0.1, 0.15) is 24.0 Å². The molecule has 5 heteroatoms. The number of aromatic nitrogens is 2. The van der Waals surface area contributed by atoms with E-state index in [1.807, 2.05) is 6.07 Å². The van der Waals surface area contributed by atoms with E-state index in [1.165, 1.54) is 17.5 Å². The van der Waals surface area contributed by atoms with Crippen molar-refractivity contribution < 1.29 is 4.74 Å². The van der Waals surface area contributed by atoms with Crippen LogP contribution >= 0.6 is 0 Å². The molecule has 1 aromatic carbocycles. The van der Waals surface area contributed by atoms with Gasteiger partial charge in [0.05, 0.1) is 7.11 Å². The van der Waals surface area contributed by atoms with Crippen LogP contribution in [0.2, 0.25) is 0 Å². The van der Waals surface area contributed by atoms with E-state index in [-0.39, 0.29) is 0 Å². The zero-order valence-electron chi connectivity index (χ0n) is 12.2. The third kappa shape index (κ3) is 3.24. The molecule has 1 aromatic heterocycles. The number of nitrogens with zero attached hydrogens (tertiary/aromatic N) is 2. The molecule has 0 aliphatic heterocycles. The smallest absolute Gasteiger partial charge is 0.131 e. The van der Waals surface area contributed by atoms with Crippen LogP contribution in [0.25, 0.3) is 0 Å². The lowest BCUT2D eigenvalue weighted by Gasteiger charge is -2.18. The van der Waals surface area contributed by atoms with Gasteiger partial charge in [-0.3, -0.25) is 0 Å². The fourth-order valence-corrected chi connectivity index (χ4v) is 2.85. The molecule has 2 aromatic rings. The molecule has 0 saturated heterocycles. The quantitative estimate of drug-likeness (QED) is 0.847. The Morgan fingerprint density at radius 3 is 2.95 bits per heavy atom. The highest BCUT2D eigenvalue weighted by Crippen LogP contribution is 2.26. The maximum atomic E-state index is 5.70. The normalized spacial score (nSPS) is 17.7. The van der Waals surface area contributed by atoms with Crippen LogP contribution in [0.3, 0.4) is 0 Å². The van der Waals surface area contributed by atoms with Crippen LogP contribution in [-0.2, 0) is 12.8 Å². The molecule has 5 nitrogen and oxygen atoms in total. The summed E-state index contributed by atoms with van der Waals surface area (Å²) in [5.41, 5.74) is 8.47. The van der Waals surface area contributed by atoms with Crippen LogP contribution in [0.4, 0.5) is 11.6 Å². The monoisotopic (exact) mass is 284 g/mol. The number of hydrogen-bond donors (Lipinski definition) is 2. The predicted octanol–water partition coefficient (Wildman–Crippen LogP) is 2.43. The van der Waals surface area contributed by atoms with Gasteiger partial charge in [0, 0.05) is 12.1 Å². The lowest BCUT2D eigenvalue weighted by Crippen LogP contribution is -2.22. The molecule has 110 valence electrons. The maximum Gasteiger partial charge on any atom is 0.131 e. The topological polar surface area (TPSA) is 73.1 Å². The number of nitrogens with one attached hydrogen (secondary N) is 1. The summed E-state index contributed by atoms with van der Waals surface area (Å²) in [4.78, 5) is 8.15. The Labute approximate surface area is 124 Å². The van der Waals surface area contributed by atoms with Crippen molar-refractivity contribution in [3.05, 3.63) is 41.7 Å². The van der Waals surface area contributed by atoms with E-state index in [4.69, 9.17) is 10.5 Å². The molecule has 1 atom stereocenters. The van der Waals surface area contributed by atoms with E-state index in [0.29, 0.717) is 11.9 Å². The number of aryl methyl sites for hydroxylation is 1. The van der Waals surface area contributed by atoms with Crippen molar-refractivity contribution in [1.82, 2.24) is 9.97 Å². The van der Waals surface area contributed by atoms with Crippen molar-refractivity contribution in [3.8, 4) is 5.75 Å². The van der Waals surface area contributed by atoms with Gasteiger partial charge in [0.2, 0.25) is 0 Å². The number of methoxy groups -OCH3 is 1. The molecule has 21 heavy (non-hydrogen) atoms. The Hall–Kier alpha value is -2.30. The first-order chi connectivity index (χ1) is 10.2. The maximum absolute atomic E-state index is 5.70. The highest BCUT2D eigenvalue weighted by Gasteiger charge is 2.17. The van der Waals surface area contributed by atoms with Gasteiger partial charge in [-0.25, -0.2) is 9.97 Å². The minimum atomic E-state index is 0.354. The van der Waals surface area contributed by atoms with Crippen molar-refractivity contribution in [3.63, 3.8) is 0 Å². The number of rotatable bonds is 3. The number of hydrogen-bond acceptors (Lipinski definition) is 5. The lowest BCUT2D eigenvalue weighted by atomic mass is 10.0. The van der Waals surface area contributed by atoms with Crippen molar-refractivity contribution in [2.75, 3.05) is 18.2 Å². The molecule has 3 N–H and O–H groups in total. The number of benzene rings is 1. The van der Waals surface area contributed by atoms with Crippen LogP contribution in [0.5, 0.6) is 5.75 Å². The minimum Gasteiger partial charge on any atom is -0.497 e. The standard InChI is InChI=1S/C16H20N4O/c1-21-14-6-5-11-3-2-4-13(7-12(11)8-14)20-16-9-15(17)18-10-19-16/h5-6,8-10,13H,2-4,7H2,1H3,(H3,17,18,19,20). The lowest BCUT2D eigenvalue weighted by molar-refractivity contribution is 0.414. The van der Waals surface area contributed by atoms with Crippen LogP contribution < -0.4 is 15.8 Å². The Balaban J connectivity index is 1.78. The summed E-state index contributed by atoms with van der Waals surface area (Å²) in [5, 5.41) is 3.47. The van der Waals surface area contributed by atoms with Crippen molar-refractivity contribution in [2.45, 2.75) is 31.7 Å². The number of ether oxygens (including phenoxy) is 1. The Bertz CT molecular complexity index is 629. The third-order valence-corrected chi connectivity index (χ3v) is 3.92. The molecule has 0 bridgehead atoms. The first-order valence-corrected chi connectivity index (χ1v) is 7.24.